The van der Waals surface area contributed by atoms with Crippen molar-refractivity contribution in [2.75, 3.05) is 36.6 Å². The molecule has 2 rings (SSSR count). The molecular formula is C10H16N4S. The molecule has 1 aromatic rings. The first kappa shape index (κ1) is 10.5. The Kier molecular flexibility index (Phi) is 3.00. The second-order valence-electron chi connectivity index (χ2n) is 3.60. The molecule has 1 N–H and O–H groups in total. The molecule has 15 heavy (non-hydrogen) atoms. The Hall–Kier alpha value is -0.970. The molecule has 0 aliphatic carbocycles. The monoisotopic (exact) mass is 224 g/mol. The highest BCUT2D eigenvalue weighted by Crippen LogP contribution is 2.28. The minimum atomic E-state index is 0.840. The summed E-state index contributed by atoms with van der Waals surface area (Å²) >= 11 is 1.58. The van der Waals surface area contributed by atoms with Gasteiger partial charge in [-0.05, 0) is 19.6 Å². The lowest BCUT2D eigenvalue weighted by molar-refractivity contribution is 0.603. The molecule has 1 fully saturated rings. The topological polar surface area (TPSA) is 41.1 Å². The number of rotatable bonds is 3. The largest absolute Gasteiger partial charge is 0.373 e. The fourth-order valence-corrected chi connectivity index (χ4v) is 2.02. The van der Waals surface area contributed by atoms with E-state index in [1.807, 2.05) is 13.3 Å². The normalized spacial score (nSPS) is 15.0. The van der Waals surface area contributed by atoms with Gasteiger partial charge in [0.25, 0.3) is 0 Å². The maximum atomic E-state index is 4.56. The first-order valence-corrected chi connectivity index (χ1v) is 6.34. The molecule has 4 nitrogen and oxygen atoms in total. The third-order valence-corrected chi connectivity index (χ3v) is 3.22. The second-order valence-corrected chi connectivity index (χ2v) is 4.37. The lowest BCUT2D eigenvalue weighted by Crippen LogP contribution is -2.38. The molecule has 2 heterocycles. The van der Waals surface area contributed by atoms with E-state index in [0.29, 0.717) is 0 Å². The van der Waals surface area contributed by atoms with E-state index in [-0.39, 0.29) is 0 Å². The van der Waals surface area contributed by atoms with Gasteiger partial charge >= 0.3 is 0 Å². The second kappa shape index (κ2) is 4.26. The number of nitrogens with one attached hydrogen (secondary N) is 1. The van der Waals surface area contributed by atoms with Gasteiger partial charge in [0.05, 0.1) is 0 Å². The predicted octanol–water partition coefficient (Wildman–Crippen LogP) is 1.76. The van der Waals surface area contributed by atoms with Crippen LogP contribution in [0.4, 0.5) is 11.6 Å². The quantitative estimate of drug-likeness (QED) is 0.626. The Labute approximate surface area is 94.5 Å². The molecule has 5 heteroatoms. The van der Waals surface area contributed by atoms with E-state index in [1.54, 1.807) is 11.8 Å². The molecule has 1 aliphatic rings. The van der Waals surface area contributed by atoms with E-state index in [9.17, 15) is 0 Å². The van der Waals surface area contributed by atoms with Crippen LogP contribution in [0.2, 0.25) is 0 Å². The summed E-state index contributed by atoms with van der Waals surface area (Å²) in [5.41, 5.74) is 1.15. The average molecular weight is 224 g/mol. The molecule has 0 radical (unpaired) electrons. The van der Waals surface area contributed by atoms with Crippen LogP contribution in [0.5, 0.6) is 0 Å². The minimum Gasteiger partial charge on any atom is -0.373 e. The Morgan fingerprint density at radius 3 is 2.53 bits per heavy atom. The van der Waals surface area contributed by atoms with Gasteiger partial charge in [0, 0.05) is 25.7 Å². The van der Waals surface area contributed by atoms with Crippen molar-refractivity contribution in [1.29, 1.82) is 0 Å². The lowest BCUT2D eigenvalue weighted by Gasteiger charge is -2.33. The van der Waals surface area contributed by atoms with Gasteiger partial charge in [0.2, 0.25) is 0 Å². The number of aromatic nitrogens is 2. The van der Waals surface area contributed by atoms with Crippen molar-refractivity contribution < 1.29 is 0 Å². The van der Waals surface area contributed by atoms with Crippen LogP contribution in [-0.4, -0.2) is 36.4 Å². The minimum absolute atomic E-state index is 0.840. The number of nitrogens with zero attached hydrogens (tertiary/aromatic N) is 3. The highest BCUT2D eigenvalue weighted by molar-refractivity contribution is 7.98. The Morgan fingerprint density at radius 2 is 2.07 bits per heavy atom. The number of hydrogen-bond donors (Lipinski definition) is 1. The number of hydrogen-bond acceptors (Lipinski definition) is 5. The highest BCUT2D eigenvalue weighted by atomic mass is 32.2. The maximum absolute atomic E-state index is 4.56. The molecule has 0 aromatic carbocycles. The summed E-state index contributed by atoms with van der Waals surface area (Å²) in [7, 11) is 1.90. The highest BCUT2D eigenvalue weighted by Gasteiger charge is 2.20. The molecule has 1 aromatic heterocycles. The average Bonchev–Trinajstić information content (AvgIpc) is 2.18. The van der Waals surface area contributed by atoms with Gasteiger partial charge in [-0.1, -0.05) is 11.8 Å². The van der Waals surface area contributed by atoms with Crippen LogP contribution in [0.15, 0.2) is 5.16 Å². The third-order valence-electron chi connectivity index (χ3n) is 2.67. The van der Waals surface area contributed by atoms with Crippen molar-refractivity contribution in [2.24, 2.45) is 0 Å². The van der Waals surface area contributed by atoms with Gasteiger partial charge in [0.1, 0.15) is 11.6 Å². The van der Waals surface area contributed by atoms with Gasteiger partial charge < -0.3 is 10.2 Å². The number of thioether (sulfide) groups is 1. The molecule has 0 bridgehead atoms. The number of anilines is 2. The van der Waals surface area contributed by atoms with Crippen LogP contribution in [0.3, 0.4) is 0 Å². The van der Waals surface area contributed by atoms with Crippen LogP contribution in [0.25, 0.3) is 0 Å². The maximum Gasteiger partial charge on any atom is 0.191 e. The van der Waals surface area contributed by atoms with Crippen LogP contribution in [0, 0.1) is 6.92 Å². The van der Waals surface area contributed by atoms with Crippen molar-refractivity contribution in [3.8, 4) is 0 Å². The third kappa shape index (κ3) is 1.88. The molecule has 1 saturated heterocycles. The Balaban J connectivity index is 2.41. The van der Waals surface area contributed by atoms with E-state index in [2.05, 4.69) is 27.1 Å². The predicted molar refractivity (Wildman–Crippen MR) is 64.9 cm³/mol. The summed E-state index contributed by atoms with van der Waals surface area (Å²) in [6.07, 6.45) is 3.27. The summed E-state index contributed by atoms with van der Waals surface area (Å²) in [5.74, 6) is 2.03. The van der Waals surface area contributed by atoms with Gasteiger partial charge in [-0.15, -0.1) is 0 Å². The van der Waals surface area contributed by atoms with Crippen LogP contribution in [0.1, 0.15) is 12.0 Å². The van der Waals surface area contributed by atoms with Gasteiger partial charge in [-0.2, -0.15) is 0 Å². The lowest BCUT2D eigenvalue weighted by atomic mass is 10.2. The Bertz CT molecular complexity index is 363. The van der Waals surface area contributed by atoms with Crippen molar-refractivity contribution in [2.45, 2.75) is 18.5 Å². The molecule has 0 saturated carbocycles. The zero-order valence-electron chi connectivity index (χ0n) is 9.37. The van der Waals surface area contributed by atoms with Gasteiger partial charge in [0.15, 0.2) is 5.16 Å². The van der Waals surface area contributed by atoms with Crippen molar-refractivity contribution in [3.05, 3.63) is 5.56 Å². The fraction of sp³-hybridized carbons (Fsp3) is 0.600. The van der Waals surface area contributed by atoms with Crippen LogP contribution < -0.4 is 10.2 Å². The van der Waals surface area contributed by atoms with E-state index in [0.717, 1.165) is 35.4 Å². The zero-order chi connectivity index (χ0) is 10.8. The fourth-order valence-electron chi connectivity index (χ4n) is 1.66. The molecule has 1 aliphatic heterocycles. The van der Waals surface area contributed by atoms with E-state index in [4.69, 9.17) is 0 Å². The van der Waals surface area contributed by atoms with Crippen molar-refractivity contribution in [3.63, 3.8) is 0 Å². The summed E-state index contributed by atoms with van der Waals surface area (Å²) in [6.45, 7) is 4.31. The summed E-state index contributed by atoms with van der Waals surface area (Å²) in [6, 6.07) is 0. The van der Waals surface area contributed by atoms with Gasteiger partial charge in [-0.3, -0.25) is 0 Å². The first-order valence-electron chi connectivity index (χ1n) is 5.11. The molecule has 0 unspecified atom stereocenters. The SMILES string of the molecule is CNc1nc(SC)nc(N2CCC2)c1C. The summed E-state index contributed by atoms with van der Waals surface area (Å²) in [5, 5.41) is 3.96. The smallest absolute Gasteiger partial charge is 0.191 e. The van der Waals surface area contributed by atoms with Crippen molar-refractivity contribution >= 4 is 23.4 Å². The molecule has 82 valence electrons. The summed E-state index contributed by atoms with van der Waals surface area (Å²) < 4.78 is 0. The molecule has 0 atom stereocenters. The van der Waals surface area contributed by atoms with E-state index in [1.165, 1.54) is 6.42 Å². The Morgan fingerprint density at radius 1 is 1.33 bits per heavy atom. The summed E-state index contributed by atoms with van der Waals surface area (Å²) in [4.78, 5) is 11.3. The first-order chi connectivity index (χ1) is 7.26. The zero-order valence-corrected chi connectivity index (χ0v) is 10.2. The van der Waals surface area contributed by atoms with E-state index >= 15 is 0 Å². The molecular weight excluding hydrogens is 208 g/mol. The molecule has 0 spiro atoms. The van der Waals surface area contributed by atoms with Gasteiger partial charge in [-0.25, -0.2) is 9.97 Å². The van der Waals surface area contributed by atoms with Crippen LogP contribution >= 0.6 is 11.8 Å². The molecule has 0 amide bonds. The van der Waals surface area contributed by atoms with E-state index < -0.39 is 0 Å². The van der Waals surface area contributed by atoms with Crippen molar-refractivity contribution in [1.82, 2.24) is 9.97 Å². The standard InChI is InChI=1S/C10H16N4S/c1-7-8(11-2)12-10(15-3)13-9(7)14-5-4-6-14/h4-6H2,1-3H3,(H,11,12,13). The van der Waals surface area contributed by atoms with Crippen LogP contribution in [-0.2, 0) is 0 Å².